The lowest BCUT2D eigenvalue weighted by molar-refractivity contribution is 0.104. The normalized spacial score (nSPS) is 11.1. The predicted octanol–water partition coefficient (Wildman–Crippen LogP) is 6.35. The first-order chi connectivity index (χ1) is 14.4. The van der Waals surface area contributed by atoms with Crippen molar-refractivity contribution in [1.29, 1.82) is 0 Å². The lowest BCUT2D eigenvalue weighted by Crippen LogP contribution is -2.00. The summed E-state index contributed by atoms with van der Waals surface area (Å²) in [6.07, 6.45) is 6.52. The lowest BCUT2D eigenvalue weighted by Gasteiger charge is -2.13. The van der Waals surface area contributed by atoms with Crippen molar-refractivity contribution in [3.63, 3.8) is 0 Å². The number of benzene rings is 2. The van der Waals surface area contributed by atoms with Crippen LogP contribution in [0.3, 0.4) is 0 Å². The Labute approximate surface area is 189 Å². The van der Waals surface area contributed by atoms with E-state index < -0.39 is 0 Å². The van der Waals surface area contributed by atoms with E-state index in [1.165, 1.54) is 6.08 Å². The minimum Gasteiger partial charge on any atom is -0.496 e. The maximum absolute atomic E-state index is 12.3. The molecule has 0 radical (unpaired) electrons. The number of nitrogens with zero attached hydrogens (tertiary/aromatic N) is 2. The molecular weight excluding hydrogens is 447 g/mol. The highest BCUT2D eigenvalue weighted by molar-refractivity contribution is 6.40. The van der Waals surface area contributed by atoms with E-state index in [1.807, 2.05) is 25.1 Å². The van der Waals surface area contributed by atoms with E-state index in [0.717, 1.165) is 11.1 Å². The summed E-state index contributed by atoms with van der Waals surface area (Å²) in [4.78, 5) is 12.3. The molecule has 0 bridgehead atoms. The number of allylic oxidation sites excluding steroid dienone is 1. The molecule has 0 aliphatic heterocycles. The molecule has 0 aliphatic carbocycles. The van der Waals surface area contributed by atoms with E-state index in [2.05, 4.69) is 5.10 Å². The van der Waals surface area contributed by atoms with Gasteiger partial charge in [0.05, 0.1) is 28.9 Å². The Balaban J connectivity index is 1.77. The summed E-state index contributed by atoms with van der Waals surface area (Å²) in [5.74, 6) is 0.862. The molecule has 156 valence electrons. The Hall–Kier alpha value is -2.47. The second kappa shape index (κ2) is 10.0. The third kappa shape index (κ3) is 5.36. The van der Waals surface area contributed by atoms with Crippen molar-refractivity contribution in [2.75, 3.05) is 7.11 Å². The monoisotopic (exact) mass is 464 g/mol. The van der Waals surface area contributed by atoms with Crippen LogP contribution in [0.5, 0.6) is 11.5 Å². The van der Waals surface area contributed by atoms with Crippen molar-refractivity contribution in [3.05, 3.63) is 80.6 Å². The molecule has 0 fully saturated rings. The number of carbonyl (C=O) groups excluding carboxylic acids is 1. The van der Waals surface area contributed by atoms with Gasteiger partial charge in [-0.2, -0.15) is 5.10 Å². The van der Waals surface area contributed by atoms with Gasteiger partial charge in [0.15, 0.2) is 11.5 Å². The van der Waals surface area contributed by atoms with E-state index in [4.69, 9.17) is 44.3 Å². The minimum absolute atomic E-state index is 0.122. The number of halogens is 3. The van der Waals surface area contributed by atoms with Gasteiger partial charge in [-0.05, 0) is 42.8 Å². The molecule has 5 nitrogen and oxygen atoms in total. The number of aromatic nitrogens is 2. The zero-order chi connectivity index (χ0) is 21.7. The third-order valence-electron chi connectivity index (χ3n) is 4.31. The largest absolute Gasteiger partial charge is 0.496 e. The number of aryl methyl sites for hydroxylation is 1. The van der Waals surface area contributed by atoms with Crippen molar-refractivity contribution in [3.8, 4) is 11.5 Å². The SMILES string of the molecule is CCn1cc(C(=O)/C=C/c2ccc(OC)c(COc3c(Cl)cc(Cl)cc3Cl)c2)cn1. The zero-order valence-corrected chi connectivity index (χ0v) is 18.6. The van der Waals surface area contributed by atoms with Crippen molar-refractivity contribution >= 4 is 46.7 Å². The van der Waals surface area contributed by atoms with Crippen molar-refractivity contribution in [2.45, 2.75) is 20.1 Å². The third-order valence-corrected chi connectivity index (χ3v) is 5.09. The molecule has 0 atom stereocenters. The summed E-state index contributed by atoms with van der Waals surface area (Å²) in [5, 5.41) is 5.19. The first-order valence-electron chi connectivity index (χ1n) is 9.10. The second-order valence-corrected chi connectivity index (χ2v) is 7.59. The van der Waals surface area contributed by atoms with Gasteiger partial charge < -0.3 is 9.47 Å². The second-order valence-electron chi connectivity index (χ2n) is 6.34. The van der Waals surface area contributed by atoms with Gasteiger partial charge in [0.2, 0.25) is 0 Å². The minimum atomic E-state index is -0.122. The molecule has 0 saturated carbocycles. The van der Waals surface area contributed by atoms with Crippen LogP contribution in [0.25, 0.3) is 6.08 Å². The van der Waals surface area contributed by atoms with E-state index >= 15 is 0 Å². The quantitative estimate of drug-likeness (QED) is 0.287. The van der Waals surface area contributed by atoms with Crippen molar-refractivity contribution in [2.24, 2.45) is 0 Å². The topological polar surface area (TPSA) is 53.4 Å². The van der Waals surface area contributed by atoms with Gasteiger partial charge in [-0.1, -0.05) is 46.9 Å². The van der Waals surface area contributed by atoms with Gasteiger partial charge in [-0.3, -0.25) is 9.48 Å². The molecule has 2 aromatic carbocycles. The molecule has 1 heterocycles. The van der Waals surface area contributed by atoms with Crippen LogP contribution in [0.1, 0.15) is 28.4 Å². The molecule has 0 unspecified atom stereocenters. The molecule has 3 rings (SSSR count). The van der Waals surface area contributed by atoms with E-state index in [1.54, 1.807) is 42.4 Å². The summed E-state index contributed by atoms with van der Waals surface area (Å²) in [5.41, 5.74) is 2.13. The summed E-state index contributed by atoms with van der Waals surface area (Å²) in [6.45, 7) is 2.84. The van der Waals surface area contributed by atoms with Crippen molar-refractivity contribution < 1.29 is 14.3 Å². The summed E-state index contributed by atoms with van der Waals surface area (Å²) >= 11 is 18.3. The average Bonchev–Trinajstić information content (AvgIpc) is 3.20. The Morgan fingerprint density at radius 1 is 1.17 bits per heavy atom. The van der Waals surface area contributed by atoms with E-state index in [0.29, 0.717) is 38.7 Å². The standard InChI is InChI=1S/C22H19Cl3N2O3/c1-3-27-12-16(11-26-27)20(28)6-4-14-5-7-21(29-2)15(8-14)13-30-22-18(24)9-17(23)10-19(22)25/h4-12H,3,13H2,1-2H3/b6-4+. The van der Waals surface area contributed by atoms with Crippen LogP contribution in [0, 0.1) is 0 Å². The van der Waals surface area contributed by atoms with E-state index in [9.17, 15) is 4.79 Å². The van der Waals surface area contributed by atoms with Crippen LogP contribution in [0.15, 0.2) is 48.8 Å². The number of hydrogen-bond acceptors (Lipinski definition) is 4. The highest BCUT2D eigenvalue weighted by Crippen LogP contribution is 2.36. The first-order valence-corrected chi connectivity index (χ1v) is 10.2. The summed E-state index contributed by atoms with van der Waals surface area (Å²) in [6, 6.07) is 8.66. The Morgan fingerprint density at radius 2 is 1.90 bits per heavy atom. The maximum atomic E-state index is 12.3. The van der Waals surface area contributed by atoms with Crippen LogP contribution in [-0.4, -0.2) is 22.7 Å². The van der Waals surface area contributed by atoms with Crippen LogP contribution < -0.4 is 9.47 Å². The fourth-order valence-corrected chi connectivity index (χ4v) is 3.69. The Bertz CT molecular complexity index is 1070. The smallest absolute Gasteiger partial charge is 0.189 e. The molecule has 0 amide bonds. The van der Waals surface area contributed by atoms with Crippen LogP contribution in [-0.2, 0) is 13.2 Å². The van der Waals surface area contributed by atoms with E-state index in [-0.39, 0.29) is 12.4 Å². The fraction of sp³-hybridized carbons (Fsp3) is 0.182. The highest BCUT2D eigenvalue weighted by Gasteiger charge is 2.12. The van der Waals surface area contributed by atoms with Gasteiger partial charge in [0.1, 0.15) is 12.4 Å². The predicted molar refractivity (Wildman–Crippen MR) is 120 cm³/mol. The number of carbonyl (C=O) groups is 1. The average molecular weight is 466 g/mol. The first kappa shape index (κ1) is 22.2. The summed E-state index contributed by atoms with van der Waals surface area (Å²) < 4.78 is 12.9. The molecule has 0 aliphatic rings. The van der Waals surface area contributed by atoms with Gasteiger partial charge in [-0.25, -0.2) is 0 Å². The Kier molecular flexibility index (Phi) is 7.43. The van der Waals surface area contributed by atoms with Gasteiger partial charge in [-0.15, -0.1) is 0 Å². The van der Waals surface area contributed by atoms with Crippen molar-refractivity contribution in [1.82, 2.24) is 9.78 Å². The van der Waals surface area contributed by atoms with Crippen LogP contribution >= 0.6 is 34.8 Å². The molecular formula is C22H19Cl3N2O3. The highest BCUT2D eigenvalue weighted by atomic mass is 35.5. The number of hydrogen-bond donors (Lipinski definition) is 0. The molecule has 8 heteroatoms. The van der Waals surface area contributed by atoms with Gasteiger partial charge >= 0.3 is 0 Å². The zero-order valence-electron chi connectivity index (χ0n) is 16.4. The Morgan fingerprint density at radius 3 is 2.53 bits per heavy atom. The number of ether oxygens (including phenoxy) is 2. The van der Waals surface area contributed by atoms with Crippen LogP contribution in [0.4, 0.5) is 0 Å². The molecule has 3 aromatic rings. The molecule has 0 N–H and O–H groups in total. The molecule has 0 saturated heterocycles. The molecule has 30 heavy (non-hydrogen) atoms. The fourth-order valence-electron chi connectivity index (χ4n) is 2.76. The number of rotatable bonds is 8. The van der Waals surface area contributed by atoms with Gasteiger partial charge in [0, 0.05) is 23.3 Å². The maximum Gasteiger partial charge on any atom is 0.189 e. The van der Waals surface area contributed by atoms with Crippen LogP contribution in [0.2, 0.25) is 15.1 Å². The molecule has 1 aromatic heterocycles. The molecule has 0 spiro atoms. The summed E-state index contributed by atoms with van der Waals surface area (Å²) in [7, 11) is 1.57. The van der Waals surface area contributed by atoms with Gasteiger partial charge in [0.25, 0.3) is 0 Å². The lowest BCUT2D eigenvalue weighted by atomic mass is 10.1. The number of ketones is 1. The number of methoxy groups -OCH3 is 1.